The van der Waals surface area contributed by atoms with Crippen LogP contribution >= 0.6 is 0 Å². The summed E-state index contributed by atoms with van der Waals surface area (Å²) >= 11 is 0. The van der Waals surface area contributed by atoms with Crippen molar-refractivity contribution in [3.05, 3.63) is 106 Å². The van der Waals surface area contributed by atoms with Crippen molar-refractivity contribution in [2.24, 2.45) is 5.73 Å². The highest BCUT2D eigenvalue weighted by atomic mass is 16.3. The first-order valence-electron chi connectivity index (χ1n) is 11.4. The molecule has 3 rings (SSSR count). The lowest BCUT2D eigenvalue weighted by molar-refractivity contribution is -0.123. The van der Waals surface area contributed by atoms with Crippen molar-refractivity contribution in [2.75, 3.05) is 13.2 Å². The number of rotatable bonds is 9. The molecule has 0 fully saturated rings. The second kappa shape index (κ2) is 12.5. The van der Waals surface area contributed by atoms with Crippen molar-refractivity contribution in [3.8, 4) is 11.8 Å². The van der Waals surface area contributed by atoms with Gasteiger partial charge in [-0.1, -0.05) is 48.2 Å². The minimum absolute atomic E-state index is 0.0693. The average molecular weight is 455 g/mol. The Morgan fingerprint density at radius 1 is 0.912 bits per heavy atom. The highest BCUT2D eigenvalue weighted by Gasteiger charge is 2.18. The topological polar surface area (TPSA) is 92.4 Å². The zero-order valence-corrected chi connectivity index (χ0v) is 19.4. The molecule has 0 aliphatic heterocycles. The Kier molecular flexibility index (Phi) is 9.16. The maximum atomic E-state index is 12.3. The maximum Gasteiger partial charge on any atom is 0.251 e. The molecule has 1 atom stereocenters. The summed E-state index contributed by atoms with van der Waals surface area (Å²) in [6, 6.07) is 22.7. The standard InChI is InChI=1S/C29H30N2O3/c1-21-5-2-3-7-25(21)8-4-6-22-9-11-23(12-10-22)13-14-24-15-17-26(18-16-24)29(34)31-27(19-30)28(33)20-32/h2-3,5,7,9-12,15-18,27,32H,4,6,8,19-20,30H2,1H3,(H,31,34)/t27-/m0/s1. The fourth-order valence-electron chi connectivity index (χ4n) is 3.60. The van der Waals surface area contributed by atoms with Crippen LogP contribution in [-0.2, 0) is 17.6 Å². The van der Waals surface area contributed by atoms with E-state index in [1.807, 2.05) is 12.1 Å². The molecule has 34 heavy (non-hydrogen) atoms. The minimum Gasteiger partial charge on any atom is -0.388 e. The van der Waals surface area contributed by atoms with Crippen LogP contribution in [0.15, 0.2) is 72.8 Å². The van der Waals surface area contributed by atoms with E-state index in [-0.39, 0.29) is 6.54 Å². The lowest BCUT2D eigenvalue weighted by atomic mass is 10.00. The highest BCUT2D eigenvalue weighted by Crippen LogP contribution is 2.13. The number of carbonyl (C=O) groups excluding carboxylic acids is 2. The molecule has 1 amide bonds. The molecule has 0 radical (unpaired) electrons. The number of Topliss-reactive ketones (excluding diaryl/α,β-unsaturated/α-hetero) is 1. The van der Waals surface area contributed by atoms with Crippen LogP contribution in [0.3, 0.4) is 0 Å². The third-order valence-electron chi connectivity index (χ3n) is 5.71. The number of benzene rings is 3. The lowest BCUT2D eigenvalue weighted by Gasteiger charge is -2.14. The molecule has 4 N–H and O–H groups in total. The smallest absolute Gasteiger partial charge is 0.251 e. The molecule has 0 aromatic heterocycles. The first-order valence-corrected chi connectivity index (χ1v) is 11.4. The van der Waals surface area contributed by atoms with E-state index in [9.17, 15) is 9.59 Å². The summed E-state index contributed by atoms with van der Waals surface area (Å²) in [4.78, 5) is 23.9. The van der Waals surface area contributed by atoms with Crippen molar-refractivity contribution in [1.82, 2.24) is 5.32 Å². The van der Waals surface area contributed by atoms with Gasteiger partial charge < -0.3 is 16.2 Å². The van der Waals surface area contributed by atoms with Gasteiger partial charge in [0, 0.05) is 23.2 Å². The van der Waals surface area contributed by atoms with Crippen LogP contribution in [-0.4, -0.2) is 36.0 Å². The van der Waals surface area contributed by atoms with Gasteiger partial charge in [-0.15, -0.1) is 0 Å². The number of nitrogens with one attached hydrogen (secondary N) is 1. The summed E-state index contributed by atoms with van der Waals surface area (Å²) in [6.45, 7) is 1.43. The van der Waals surface area contributed by atoms with E-state index in [1.165, 1.54) is 16.7 Å². The van der Waals surface area contributed by atoms with Gasteiger partial charge in [0.2, 0.25) is 0 Å². The summed E-state index contributed by atoms with van der Waals surface area (Å²) in [5.74, 6) is 5.32. The van der Waals surface area contributed by atoms with E-state index in [4.69, 9.17) is 10.8 Å². The Labute approximate surface area is 201 Å². The van der Waals surface area contributed by atoms with Gasteiger partial charge in [0.05, 0.1) is 0 Å². The van der Waals surface area contributed by atoms with Crippen LogP contribution in [0.25, 0.3) is 0 Å². The van der Waals surface area contributed by atoms with Gasteiger partial charge in [-0.05, 0) is 79.3 Å². The summed E-state index contributed by atoms with van der Waals surface area (Å²) in [7, 11) is 0. The molecule has 0 aliphatic rings. The number of ketones is 1. The number of hydrogen-bond acceptors (Lipinski definition) is 4. The van der Waals surface area contributed by atoms with E-state index >= 15 is 0 Å². The number of amides is 1. The van der Waals surface area contributed by atoms with Crippen LogP contribution in [0.5, 0.6) is 0 Å². The van der Waals surface area contributed by atoms with Gasteiger partial charge in [0.15, 0.2) is 5.78 Å². The Morgan fingerprint density at radius 3 is 2.12 bits per heavy atom. The lowest BCUT2D eigenvalue weighted by Crippen LogP contribution is -2.46. The van der Waals surface area contributed by atoms with Gasteiger partial charge in [-0.25, -0.2) is 0 Å². The van der Waals surface area contributed by atoms with Crippen LogP contribution in [0.4, 0.5) is 0 Å². The van der Waals surface area contributed by atoms with E-state index in [1.54, 1.807) is 24.3 Å². The second-order valence-corrected chi connectivity index (χ2v) is 8.19. The molecule has 0 spiro atoms. The van der Waals surface area contributed by atoms with Crippen LogP contribution < -0.4 is 11.1 Å². The monoisotopic (exact) mass is 454 g/mol. The first-order chi connectivity index (χ1) is 16.5. The number of carbonyl (C=O) groups is 2. The molecule has 3 aromatic rings. The first kappa shape index (κ1) is 24.9. The number of nitrogens with two attached hydrogens (primary N) is 1. The predicted molar refractivity (Wildman–Crippen MR) is 134 cm³/mol. The summed E-state index contributed by atoms with van der Waals surface area (Å²) in [5.41, 5.74) is 11.6. The van der Waals surface area contributed by atoms with Gasteiger partial charge in [0.1, 0.15) is 12.6 Å². The molecular weight excluding hydrogens is 424 g/mol. The largest absolute Gasteiger partial charge is 0.388 e. The van der Waals surface area contributed by atoms with Crippen molar-refractivity contribution in [2.45, 2.75) is 32.2 Å². The maximum absolute atomic E-state index is 12.3. The zero-order chi connectivity index (χ0) is 24.3. The molecule has 0 saturated heterocycles. The molecule has 5 heteroatoms. The zero-order valence-electron chi connectivity index (χ0n) is 19.4. The van der Waals surface area contributed by atoms with Gasteiger partial charge in [0.25, 0.3) is 5.91 Å². The number of hydrogen-bond donors (Lipinski definition) is 3. The van der Waals surface area contributed by atoms with Gasteiger partial charge in [-0.3, -0.25) is 9.59 Å². The van der Waals surface area contributed by atoms with Crippen molar-refractivity contribution >= 4 is 11.7 Å². The number of aliphatic hydroxyl groups excluding tert-OH is 1. The molecular formula is C29H30N2O3. The molecule has 0 heterocycles. The average Bonchev–Trinajstić information content (AvgIpc) is 2.87. The molecule has 0 aliphatic carbocycles. The van der Waals surface area contributed by atoms with Crippen molar-refractivity contribution in [1.29, 1.82) is 0 Å². The van der Waals surface area contributed by atoms with E-state index in [2.05, 4.69) is 60.5 Å². The van der Waals surface area contributed by atoms with Crippen LogP contribution in [0.1, 0.15) is 44.6 Å². The SMILES string of the molecule is Cc1ccccc1CCCc1ccc(C#Cc2ccc(C(=O)N[C@@H](CN)C(=O)CO)cc2)cc1. The summed E-state index contributed by atoms with van der Waals surface area (Å²) in [6.07, 6.45) is 3.21. The minimum atomic E-state index is -0.901. The molecule has 0 saturated carbocycles. The Morgan fingerprint density at radius 2 is 1.53 bits per heavy atom. The molecule has 174 valence electrons. The van der Waals surface area contributed by atoms with E-state index in [0.717, 1.165) is 30.4 Å². The van der Waals surface area contributed by atoms with Crippen LogP contribution in [0.2, 0.25) is 0 Å². The van der Waals surface area contributed by atoms with E-state index < -0.39 is 24.3 Å². The summed E-state index contributed by atoms with van der Waals surface area (Å²) < 4.78 is 0. The fraction of sp³-hybridized carbons (Fsp3) is 0.241. The van der Waals surface area contributed by atoms with Crippen LogP contribution in [0, 0.1) is 18.8 Å². The molecule has 3 aromatic carbocycles. The highest BCUT2D eigenvalue weighted by molar-refractivity contribution is 5.98. The Bertz CT molecular complexity index is 1170. The third kappa shape index (κ3) is 7.14. The Balaban J connectivity index is 1.53. The third-order valence-corrected chi connectivity index (χ3v) is 5.71. The quantitative estimate of drug-likeness (QED) is 0.433. The fourth-order valence-corrected chi connectivity index (χ4v) is 3.60. The van der Waals surface area contributed by atoms with Gasteiger partial charge >= 0.3 is 0 Å². The van der Waals surface area contributed by atoms with E-state index in [0.29, 0.717) is 5.56 Å². The van der Waals surface area contributed by atoms with Crippen molar-refractivity contribution < 1.29 is 14.7 Å². The second-order valence-electron chi connectivity index (χ2n) is 8.19. The van der Waals surface area contributed by atoms with Gasteiger partial charge in [-0.2, -0.15) is 0 Å². The molecule has 0 unspecified atom stereocenters. The Hall–Kier alpha value is -3.72. The predicted octanol–water partition coefficient (Wildman–Crippen LogP) is 3.19. The normalized spacial score (nSPS) is 11.3. The molecule has 0 bridgehead atoms. The number of aryl methyl sites for hydroxylation is 3. The van der Waals surface area contributed by atoms with Crippen molar-refractivity contribution in [3.63, 3.8) is 0 Å². The summed E-state index contributed by atoms with van der Waals surface area (Å²) in [5, 5.41) is 11.5. The molecule has 5 nitrogen and oxygen atoms in total. The number of aliphatic hydroxyl groups is 1.